The Balaban J connectivity index is 1.29. The molecule has 1 aliphatic carbocycles. The van der Waals surface area contributed by atoms with E-state index in [2.05, 4.69) is 25.9 Å². The summed E-state index contributed by atoms with van der Waals surface area (Å²) in [5, 5.41) is 10.2. The Morgan fingerprint density at radius 1 is 1.07 bits per heavy atom. The molecule has 14 heteroatoms. The number of nitrogens with zero attached hydrogens (tertiary/aromatic N) is 2. The Morgan fingerprint density at radius 3 is 2.62 bits per heavy atom. The summed E-state index contributed by atoms with van der Waals surface area (Å²) in [6, 6.07) is 7.78. The van der Waals surface area contributed by atoms with E-state index in [0.717, 1.165) is 43.4 Å². The number of amides is 3. The summed E-state index contributed by atoms with van der Waals surface area (Å²) in [6.07, 6.45) is 4.96. The van der Waals surface area contributed by atoms with E-state index < -0.39 is 29.1 Å². The molecule has 2 heterocycles. The topological polar surface area (TPSA) is 157 Å². The largest absolute Gasteiger partial charge is 0.497 e. The minimum absolute atomic E-state index is 0.0147. The van der Waals surface area contributed by atoms with Gasteiger partial charge in [0, 0.05) is 34.7 Å². The van der Waals surface area contributed by atoms with Gasteiger partial charge in [0.25, 0.3) is 5.91 Å². The Morgan fingerprint density at radius 2 is 1.86 bits per heavy atom. The number of anilines is 3. The number of hydrogen-bond donors (Lipinski definition) is 5. The van der Waals surface area contributed by atoms with Gasteiger partial charge in [-0.2, -0.15) is 0 Å². The van der Waals surface area contributed by atoms with Crippen LogP contribution >= 0.6 is 22.7 Å². The highest BCUT2D eigenvalue weighted by molar-refractivity contribution is 7.23. The van der Waals surface area contributed by atoms with Crippen LogP contribution in [0.15, 0.2) is 41.8 Å². The van der Waals surface area contributed by atoms with Gasteiger partial charge in [-0.3, -0.25) is 10.1 Å². The quantitative estimate of drug-likeness (QED) is 0.167. The molecule has 0 bridgehead atoms. The van der Waals surface area contributed by atoms with Gasteiger partial charge in [-0.25, -0.2) is 23.5 Å². The molecule has 4 aromatic rings. The molecular formula is C28H29F2N7O3S2. The Kier molecular flexibility index (Phi) is 8.66. The first-order valence-electron chi connectivity index (χ1n) is 13.1. The van der Waals surface area contributed by atoms with Crippen molar-refractivity contribution < 1.29 is 23.1 Å². The summed E-state index contributed by atoms with van der Waals surface area (Å²) in [5.74, 6) is -1.78. The van der Waals surface area contributed by atoms with Crippen LogP contribution < -0.4 is 32.2 Å². The van der Waals surface area contributed by atoms with Crippen LogP contribution in [0.2, 0.25) is 0 Å². The summed E-state index contributed by atoms with van der Waals surface area (Å²) in [5.41, 5.74) is 12.3. The van der Waals surface area contributed by atoms with Crippen molar-refractivity contribution in [2.24, 2.45) is 5.73 Å². The number of benzene rings is 2. The molecule has 0 saturated heterocycles. The van der Waals surface area contributed by atoms with Crippen LogP contribution in [-0.2, 0) is 0 Å². The van der Waals surface area contributed by atoms with Crippen molar-refractivity contribution in [3.05, 3.63) is 59.0 Å². The van der Waals surface area contributed by atoms with Crippen LogP contribution in [0.4, 0.5) is 30.2 Å². The number of halogens is 2. The number of carbonyl (C=O) groups is 2. The molecule has 5 rings (SSSR count). The predicted octanol–water partition coefficient (Wildman–Crippen LogP) is 5.84. The van der Waals surface area contributed by atoms with E-state index in [1.54, 1.807) is 23.6 Å². The second-order valence-electron chi connectivity index (χ2n) is 10.00. The van der Waals surface area contributed by atoms with Crippen molar-refractivity contribution in [2.45, 2.75) is 37.6 Å². The van der Waals surface area contributed by atoms with Crippen LogP contribution in [0, 0.1) is 11.6 Å². The molecule has 220 valence electrons. The maximum atomic E-state index is 14.8. The van der Waals surface area contributed by atoms with E-state index >= 15 is 0 Å². The Hall–Kier alpha value is -4.14. The molecule has 2 aromatic carbocycles. The molecule has 3 amide bonds. The van der Waals surface area contributed by atoms with Gasteiger partial charge in [-0.05, 0) is 37.1 Å². The zero-order valence-corrected chi connectivity index (χ0v) is 24.3. The third kappa shape index (κ3) is 6.66. The number of urea groups is 1. The van der Waals surface area contributed by atoms with E-state index in [9.17, 15) is 18.4 Å². The van der Waals surface area contributed by atoms with Crippen molar-refractivity contribution in [2.75, 3.05) is 30.0 Å². The first-order chi connectivity index (χ1) is 20.1. The van der Waals surface area contributed by atoms with Gasteiger partial charge in [0.05, 0.1) is 18.5 Å². The van der Waals surface area contributed by atoms with Crippen LogP contribution in [-0.4, -0.2) is 41.1 Å². The average molecular weight is 614 g/mol. The smallest absolute Gasteiger partial charge is 0.321 e. The minimum atomic E-state index is -0.937. The number of rotatable bonds is 8. The highest BCUT2D eigenvalue weighted by atomic mass is 32.1. The van der Waals surface area contributed by atoms with Gasteiger partial charge in [0.15, 0.2) is 5.13 Å². The van der Waals surface area contributed by atoms with Crippen molar-refractivity contribution in [1.29, 1.82) is 0 Å². The lowest BCUT2D eigenvalue weighted by molar-refractivity contribution is 0.102. The van der Waals surface area contributed by atoms with Crippen molar-refractivity contribution >= 4 is 51.2 Å². The lowest BCUT2D eigenvalue weighted by Gasteiger charge is -2.33. The molecule has 0 aliphatic heterocycles. The maximum absolute atomic E-state index is 14.8. The van der Waals surface area contributed by atoms with Gasteiger partial charge in [-0.1, -0.05) is 36.7 Å². The molecule has 0 atom stereocenters. The van der Waals surface area contributed by atoms with Crippen molar-refractivity contribution in [3.63, 3.8) is 0 Å². The van der Waals surface area contributed by atoms with Crippen LogP contribution in [0.25, 0.3) is 21.1 Å². The number of aromatic nitrogens is 2. The summed E-state index contributed by atoms with van der Waals surface area (Å²) in [6.45, 7) is 0.355. The standard InChI is InChI=1S/C28H29F2N7O3S2/c1-40-16-7-5-6-15(10-16)24(38)34-20-11-17(18(29)12-19(20)30)21-13-41-25(35-21)22-23(31)36-27(42-22)37-26(39)33-14-28(32)8-3-2-4-9-28/h5-7,10-13H,2-4,8-9,14,31-32H2,1H3,(H,34,38)(H2,33,36,37,39). The second kappa shape index (κ2) is 12.4. The zero-order chi connectivity index (χ0) is 29.9. The number of carbonyl (C=O) groups excluding carboxylic acids is 2. The molecule has 2 aromatic heterocycles. The highest BCUT2D eigenvalue weighted by Crippen LogP contribution is 2.39. The zero-order valence-electron chi connectivity index (χ0n) is 22.6. The molecular weight excluding hydrogens is 584 g/mol. The molecule has 1 aliphatic rings. The number of nitrogens with two attached hydrogens (primary N) is 2. The Labute approximate surface area is 248 Å². The van der Waals surface area contributed by atoms with Crippen LogP contribution in [0.5, 0.6) is 5.75 Å². The van der Waals surface area contributed by atoms with Crippen LogP contribution in [0.1, 0.15) is 42.5 Å². The monoisotopic (exact) mass is 613 g/mol. The average Bonchev–Trinajstić information content (AvgIpc) is 3.60. The number of nitrogens with one attached hydrogen (secondary N) is 3. The van der Waals surface area contributed by atoms with Gasteiger partial charge >= 0.3 is 6.03 Å². The summed E-state index contributed by atoms with van der Waals surface area (Å²) < 4.78 is 34.6. The van der Waals surface area contributed by atoms with E-state index in [1.165, 1.54) is 30.6 Å². The fourth-order valence-electron chi connectivity index (χ4n) is 4.67. The molecule has 0 unspecified atom stereocenters. The summed E-state index contributed by atoms with van der Waals surface area (Å²) >= 11 is 2.30. The van der Waals surface area contributed by atoms with E-state index in [-0.39, 0.29) is 33.5 Å². The van der Waals surface area contributed by atoms with Crippen molar-refractivity contribution in [3.8, 4) is 26.9 Å². The minimum Gasteiger partial charge on any atom is -0.497 e. The van der Waals surface area contributed by atoms with Crippen molar-refractivity contribution in [1.82, 2.24) is 15.3 Å². The third-order valence-corrected chi connectivity index (χ3v) is 8.92. The molecule has 1 saturated carbocycles. The first-order valence-corrected chi connectivity index (χ1v) is 14.8. The van der Waals surface area contributed by atoms with Gasteiger partial charge in [0.2, 0.25) is 0 Å². The summed E-state index contributed by atoms with van der Waals surface area (Å²) in [7, 11) is 1.47. The molecule has 7 N–H and O–H groups in total. The SMILES string of the molecule is COc1cccc(C(=O)Nc2cc(-c3csc(-c4sc(NC(=O)NCC5(N)CCCCC5)nc4N)n3)c(F)cc2F)c1. The molecule has 0 spiro atoms. The van der Waals surface area contributed by atoms with E-state index in [0.29, 0.717) is 28.2 Å². The Bertz CT molecular complexity index is 1620. The number of ether oxygens (including phenoxy) is 1. The number of nitrogen functional groups attached to an aromatic ring is 1. The normalized spacial score (nSPS) is 14.3. The maximum Gasteiger partial charge on any atom is 0.321 e. The summed E-state index contributed by atoms with van der Waals surface area (Å²) in [4.78, 5) is 34.4. The fourth-order valence-corrected chi connectivity index (χ4v) is 6.47. The molecule has 42 heavy (non-hydrogen) atoms. The van der Waals surface area contributed by atoms with Gasteiger partial charge in [-0.15, -0.1) is 11.3 Å². The highest BCUT2D eigenvalue weighted by Gasteiger charge is 2.28. The molecule has 0 radical (unpaired) electrons. The number of hydrogen-bond acceptors (Lipinski definition) is 9. The molecule has 1 fully saturated rings. The fraction of sp³-hybridized carbons (Fsp3) is 0.286. The number of methoxy groups -OCH3 is 1. The van der Waals surface area contributed by atoms with Crippen LogP contribution in [0.3, 0.4) is 0 Å². The lowest BCUT2D eigenvalue weighted by atomic mass is 9.82. The lowest BCUT2D eigenvalue weighted by Crippen LogP contribution is -2.52. The second-order valence-corrected chi connectivity index (χ2v) is 11.9. The van der Waals surface area contributed by atoms with Gasteiger partial charge in [0.1, 0.15) is 33.1 Å². The van der Waals surface area contributed by atoms with Gasteiger partial charge < -0.3 is 26.8 Å². The number of thiazole rings is 2. The molecule has 10 nitrogen and oxygen atoms in total. The van der Waals surface area contributed by atoms with E-state index in [4.69, 9.17) is 16.2 Å². The van der Waals surface area contributed by atoms with E-state index in [1.807, 2.05) is 0 Å². The third-order valence-electron chi connectivity index (χ3n) is 6.94. The predicted molar refractivity (Wildman–Crippen MR) is 161 cm³/mol. The first kappa shape index (κ1) is 29.4.